The molecular weight excluding hydrogens is 348 g/mol. The third kappa shape index (κ3) is 5.33. The Bertz CT molecular complexity index is 839. The Kier molecular flexibility index (Phi) is 6.08. The lowest BCUT2D eigenvalue weighted by atomic mass is 9.97. The predicted molar refractivity (Wildman–Crippen MR) is 105 cm³/mol. The molecule has 0 fully saturated rings. The summed E-state index contributed by atoms with van der Waals surface area (Å²) in [6, 6.07) is 15.3. The molecule has 0 aromatic heterocycles. The van der Waals surface area contributed by atoms with Crippen LogP contribution in [-0.2, 0) is 21.2 Å². The van der Waals surface area contributed by atoms with Crippen LogP contribution in [0.3, 0.4) is 0 Å². The van der Waals surface area contributed by atoms with Crippen molar-refractivity contribution >= 4 is 21.6 Å². The molecule has 0 spiro atoms. The molecule has 26 heavy (non-hydrogen) atoms. The van der Waals surface area contributed by atoms with Gasteiger partial charge in [-0.2, -0.15) is 0 Å². The van der Waals surface area contributed by atoms with Gasteiger partial charge in [0, 0.05) is 13.6 Å². The number of benzene rings is 2. The molecule has 2 rings (SSSR count). The fourth-order valence-corrected chi connectivity index (χ4v) is 3.54. The van der Waals surface area contributed by atoms with Crippen LogP contribution in [-0.4, -0.2) is 27.9 Å². The minimum atomic E-state index is -3.60. The number of hydrogen-bond donors (Lipinski definition) is 1. The molecule has 0 aliphatic carbocycles. The molecule has 0 unspecified atom stereocenters. The third-order valence-corrected chi connectivity index (χ3v) is 5.68. The molecule has 0 saturated heterocycles. The fourth-order valence-electron chi connectivity index (χ4n) is 2.32. The lowest BCUT2D eigenvalue weighted by molar-refractivity contribution is -0.120. The number of carbonyl (C=O) groups excluding carboxylic acids is 1. The third-order valence-electron chi connectivity index (χ3n) is 3.88. The molecule has 0 bridgehead atoms. The highest BCUT2D eigenvalue weighted by Gasteiger charge is 2.20. The van der Waals surface area contributed by atoms with E-state index < -0.39 is 10.0 Å². The first-order valence-corrected chi connectivity index (χ1v) is 9.93. The van der Waals surface area contributed by atoms with Crippen molar-refractivity contribution in [1.82, 2.24) is 5.32 Å². The van der Waals surface area contributed by atoms with Crippen molar-refractivity contribution in [3.05, 3.63) is 60.2 Å². The van der Waals surface area contributed by atoms with Crippen LogP contribution in [0.2, 0.25) is 0 Å². The number of rotatable bonds is 6. The molecule has 1 amide bonds. The smallest absolute Gasteiger partial charge is 0.264 e. The summed E-state index contributed by atoms with van der Waals surface area (Å²) in [5, 5.41) is 2.91. The highest BCUT2D eigenvalue weighted by Crippen LogP contribution is 2.22. The van der Waals surface area contributed by atoms with E-state index in [0.29, 0.717) is 12.2 Å². The van der Waals surface area contributed by atoms with Crippen molar-refractivity contribution in [1.29, 1.82) is 0 Å². The Labute approximate surface area is 156 Å². The average molecular weight is 375 g/mol. The monoisotopic (exact) mass is 374 g/mol. The lowest BCUT2D eigenvalue weighted by Crippen LogP contribution is -2.33. The summed E-state index contributed by atoms with van der Waals surface area (Å²) in [6.07, 6.45) is 0.269. The van der Waals surface area contributed by atoms with Gasteiger partial charge in [0.25, 0.3) is 10.0 Å². The number of amides is 1. The number of carbonyl (C=O) groups is 1. The number of nitrogens with one attached hydrogen (secondary N) is 1. The summed E-state index contributed by atoms with van der Waals surface area (Å²) in [5.74, 6) is -0.0436. The van der Waals surface area contributed by atoms with Gasteiger partial charge in [-0.05, 0) is 35.2 Å². The van der Waals surface area contributed by atoms with Crippen molar-refractivity contribution in [2.45, 2.75) is 32.1 Å². The van der Waals surface area contributed by atoms with Crippen molar-refractivity contribution in [3.8, 4) is 0 Å². The van der Waals surface area contributed by atoms with Gasteiger partial charge in [-0.25, -0.2) is 8.42 Å². The largest absolute Gasteiger partial charge is 0.355 e. The number of nitrogens with zero attached hydrogens (tertiary/aromatic N) is 1. The maximum atomic E-state index is 12.6. The van der Waals surface area contributed by atoms with Gasteiger partial charge in [0.15, 0.2) is 0 Å². The van der Waals surface area contributed by atoms with Crippen molar-refractivity contribution in [3.63, 3.8) is 0 Å². The zero-order valence-electron chi connectivity index (χ0n) is 15.7. The van der Waals surface area contributed by atoms with Gasteiger partial charge in [-0.1, -0.05) is 51.1 Å². The first-order chi connectivity index (χ1) is 12.1. The Morgan fingerprint density at radius 1 is 1.00 bits per heavy atom. The summed E-state index contributed by atoms with van der Waals surface area (Å²) in [5.41, 5.74) is 1.42. The average Bonchev–Trinajstić information content (AvgIpc) is 2.60. The molecule has 2 aromatic carbocycles. The normalized spacial score (nSPS) is 11.8. The van der Waals surface area contributed by atoms with Crippen LogP contribution >= 0.6 is 0 Å². The summed E-state index contributed by atoms with van der Waals surface area (Å²) in [7, 11) is -2.08. The fraction of sp³-hybridized carbons (Fsp3) is 0.350. The Morgan fingerprint density at radius 3 is 2.12 bits per heavy atom. The Balaban J connectivity index is 2.06. The van der Waals surface area contributed by atoms with Crippen LogP contribution in [0.5, 0.6) is 0 Å². The van der Waals surface area contributed by atoms with Crippen molar-refractivity contribution in [2.75, 3.05) is 17.9 Å². The molecule has 1 N–H and O–H groups in total. The second-order valence-electron chi connectivity index (χ2n) is 7.47. The van der Waals surface area contributed by atoms with Crippen LogP contribution in [0.1, 0.15) is 26.3 Å². The molecule has 5 nitrogen and oxygen atoms in total. The Morgan fingerprint density at radius 2 is 1.58 bits per heavy atom. The molecule has 6 heteroatoms. The van der Waals surface area contributed by atoms with E-state index in [0.717, 1.165) is 5.56 Å². The number of sulfonamides is 1. The van der Waals surface area contributed by atoms with Gasteiger partial charge in [0.1, 0.15) is 0 Å². The van der Waals surface area contributed by atoms with E-state index in [1.807, 2.05) is 0 Å². The molecule has 0 saturated carbocycles. The summed E-state index contributed by atoms with van der Waals surface area (Å²) in [4.78, 5) is 12.2. The van der Waals surface area contributed by atoms with Gasteiger partial charge in [0.2, 0.25) is 5.91 Å². The summed E-state index contributed by atoms with van der Waals surface area (Å²) < 4.78 is 26.5. The zero-order chi connectivity index (χ0) is 19.4. The molecule has 0 aliphatic rings. The van der Waals surface area contributed by atoms with Crippen LogP contribution in [0.4, 0.5) is 5.69 Å². The highest BCUT2D eigenvalue weighted by atomic mass is 32.2. The van der Waals surface area contributed by atoms with Crippen LogP contribution in [0, 0.1) is 5.41 Å². The molecule has 0 radical (unpaired) electrons. The van der Waals surface area contributed by atoms with Gasteiger partial charge >= 0.3 is 0 Å². The minimum absolute atomic E-state index is 0.0357. The lowest BCUT2D eigenvalue weighted by Gasteiger charge is -2.20. The van der Waals surface area contributed by atoms with Gasteiger partial charge in [-0.3, -0.25) is 9.10 Å². The van der Waals surface area contributed by atoms with Crippen LogP contribution in [0.15, 0.2) is 59.5 Å². The molecule has 0 atom stereocenters. The van der Waals surface area contributed by atoms with Gasteiger partial charge < -0.3 is 5.32 Å². The maximum absolute atomic E-state index is 12.6. The first-order valence-electron chi connectivity index (χ1n) is 8.49. The van der Waals surface area contributed by atoms with E-state index in [1.165, 1.54) is 11.4 Å². The summed E-state index contributed by atoms with van der Waals surface area (Å²) in [6.45, 7) is 6.79. The van der Waals surface area contributed by atoms with E-state index in [-0.39, 0.29) is 22.6 Å². The SMILES string of the molecule is CN(c1ccc(CC(=O)NCC(C)(C)C)cc1)S(=O)(=O)c1ccccc1. The molecule has 0 aliphatic heterocycles. The van der Waals surface area contributed by atoms with Crippen molar-refractivity contribution in [2.24, 2.45) is 5.41 Å². The Hall–Kier alpha value is -2.34. The van der Waals surface area contributed by atoms with E-state index in [9.17, 15) is 13.2 Å². The quantitative estimate of drug-likeness (QED) is 0.844. The number of hydrogen-bond acceptors (Lipinski definition) is 3. The topological polar surface area (TPSA) is 66.5 Å². The predicted octanol–water partition coefficient (Wildman–Crippen LogP) is 3.22. The molecule has 140 valence electrons. The van der Waals surface area contributed by atoms with E-state index in [4.69, 9.17) is 0 Å². The maximum Gasteiger partial charge on any atom is 0.264 e. The number of anilines is 1. The van der Waals surface area contributed by atoms with E-state index >= 15 is 0 Å². The summed E-state index contributed by atoms with van der Waals surface area (Å²) >= 11 is 0. The molecule has 0 heterocycles. The van der Waals surface area contributed by atoms with Crippen LogP contribution in [0.25, 0.3) is 0 Å². The van der Waals surface area contributed by atoms with Crippen molar-refractivity contribution < 1.29 is 13.2 Å². The standard InChI is InChI=1S/C20H26N2O3S/c1-20(2,3)15-21-19(23)14-16-10-12-17(13-11-16)22(4)26(24,25)18-8-6-5-7-9-18/h5-13H,14-15H2,1-4H3,(H,21,23). The molecular formula is C20H26N2O3S. The molecule has 2 aromatic rings. The minimum Gasteiger partial charge on any atom is -0.355 e. The van der Waals surface area contributed by atoms with Gasteiger partial charge in [0.05, 0.1) is 17.0 Å². The van der Waals surface area contributed by atoms with Crippen LogP contribution < -0.4 is 9.62 Å². The highest BCUT2D eigenvalue weighted by molar-refractivity contribution is 7.92. The van der Waals surface area contributed by atoms with Gasteiger partial charge in [-0.15, -0.1) is 0 Å². The van der Waals surface area contributed by atoms with E-state index in [1.54, 1.807) is 54.6 Å². The second-order valence-corrected chi connectivity index (χ2v) is 9.44. The van der Waals surface area contributed by atoms with E-state index in [2.05, 4.69) is 26.1 Å². The zero-order valence-corrected chi connectivity index (χ0v) is 16.5. The first kappa shape index (κ1) is 20.0. The second kappa shape index (κ2) is 7.91.